The van der Waals surface area contributed by atoms with Crippen molar-refractivity contribution in [2.75, 3.05) is 36.0 Å². The van der Waals surface area contributed by atoms with Crippen LogP contribution in [0.3, 0.4) is 0 Å². The van der Waals surface area contributed by atoms with Crippen LogP contribution in [-0.4, -0.2) is 69.5 Å². The lowest BCUT2D eigenvalue weighted by Crippen LogP contribution is -2.55. The van der Waals surface area contributed by atoms with E-state index in [1.165, 1.54) is 0 Å². The first kappa shape index (κ1) is 33.0. The van der Waals surface area contributed by atoms with Crippen molar-refractivity contribution < 1.29 is 19.5 Å². The molecule has 5 rings (SSSR count). The van der Waals surface area contributed by atoms with Gasteiger partial charge in [0.2, 0.25) is 11.8 Å². The maximum atomic E-state index is 15.0. The zero-order chi connectivity index (χ0) is 32.4. The molecule has 3 fully saturated rings. The minimum atomic E-state index is -0.706. The zero-order valence-corrected chi connectivity index (χ0v) is 27.7. The first-order valence-corrected chi connectivity index (χ1v) is 17.0. The monoisotopic (exact) mass is 629 g/mol. The third kappa shape index (κ3) is 5.87. The van der Waals surface area contributed by atoms with Crippen molar-refractivity contribution in [2.45, 2.75) is 74.8 Å². The SMILES string of the molecule is C=CCN(C(=O)[C@H]1[C@H]2C(=O)N(CCCCCCO)C(C(=O)N(CC=C)c3cc(C)ccc3C)C23CC[C@]1(C)S3)c1ccccc1. The normalized spacial score (nSPS) is 26.5. The van der Waals surface area contributed by atoms with Crippen LogP contribution in [0.4, 0.5) is 11.4 Å². The summed E-state index contributed by atoms with van der Waals surface area (Å²) in [6, 6.07) is 15.0. The molecule has 2 aromatic rings. The van der Waals surface area contributed by atoms with E-state index in [9.17, 15) is 19.5 Å². The summed E-state index contributed by atoms with van der Waals surface area (Å²) in [5.74, 6) is -1.43. The van der Waals surface area contributed by atoms with E-state index in [4.69, 9.17) is 0 Å². The highest BCUT2D eigenvalue weighted by atomic mass is 32.2. The van der Waals surface area contributed by atoms with Gasteiger partial charge in [-0.2, -0.15) is 0 Å². The molecule has 45 heavy (non-hydrogen) atoms. The summed E-state index contributed by atoms with van der Waals surface area (Å²) in [4.78, 5) is 49.7. The lowest BCUT2D eigenvalue weighted by molar-refractivity contribution is -0.139. The average Bonchev–Trinajstić information content (AvgIpc) is 3.60. The number of aryl methyl sites for hydroxylation is 2. The van der Waals surface area contributed by atoms with Crippen molar-refractivity contribution in [1.82, 2.24) is 4.90 Å². The molecule has 0 radical (unpaired) electrons. The molecule has 5 atom stereocenters. The fraction of sp³-hybridized carbons (Fsp3) is 0.486. The topological polar surface area (TPSA) is 81.2 Å². The second-order valence-corrected chi connectivity index (χ2v) is 14.9. The summed E-state index contributed by atoms with van der Waals surface area (Å²) in [6.45, 7) is 15.3. The Morgan fingerprint density at radius 2 is 1.67 bits per heavy atom. The highest BCUT2D eigenvalue weighted by Gasteiger charge is 2.77. The van der Waals surface area contributed by atoms with E-state index in [1.54, 1.807) is 33.7 Å². The summed E-state index contributed by atoms with van der Waals surface area (Å²) in [7, 11) is 0. The molecule has 0 aliphatic carbocycles. The van der Waals surface area contributed by atoms with Gasteiger partial charge < -0.3 is 19.8 Å². The first-order chi connectivity index (χ1) is 21.6. The van der Waals surface area contributed by atoms with Gasteiger partial charge in [0.1, 0.15) is 6.04 Å². The second-order valence-electron chi connectivity index (χ2n) is 13.0. The molecule has 1 N–H and O–H groups in total. The molecule has 2 bridgehead atoms. The van der Waals surface area contributed by atoms with Crippen LogP contribution in [0.15, 0.2) is 73.8 Å². The number of amides is 3. The molecule has 3 amide bonds. The summed E-state index contributed by atoms with van der Waals surface area (Å²) < 4.78 is -1.18. The van der Waals surface area contributed by atoms with E-state index in [1.807, 2.05) is 67.3 Å². The fourth-order valence-electron chi connectivity index (χ4n) is 7.89. The van der Waals surface area contributed by atoms with E-state index < -0.39 is 27.4 Å². The third-order valence-electron chi connectivity index (χ3n) is 9.96. The van der Waals surface area contributed by atoms with Gasteiger partial charge in [-0.1, -0.05) is 55.3 Å². The number of hydrogen-bond acceptors (Lipinski definition) is 5. The number of thioether (sulfide) groups is 1. The van der Waals surface area contributed by atoms with E-state index in [0.717, 1.165) is 48.2 Å². The smallest absolute Gasteiger partial charge is 0.251 e. The first-order valence-electron chi connectivity index (χ1n) is 16.2. The lowest BCUT2D eigenvalue weighted by atomic mass is 9.66. The van der Waals surface area contributed by atoms with E-state index >= 15 is 0 Å². The fourth-order valence-corrected chi connectivity index (χ4v) is 10.2. The van der Waals surface area contributed by atoms with Gasteiger partial charge in [0, 0.05) is 42.4 Å². The standard InChI is InChI=1S/C37H47N3O4S/c1-6-21-38(28-15-11-10-12-16-28)33(42)30-31-34(43)40(23-13-8-9-14-24-41)32(37(31)20-19-36(30,5)45-37)35(44)39(22-7-2)29-25-26(3)17-18-27(29)4/h6-7,10-12,15-18,25,30-32,41H,1-2,8-9,13-14,19-24H2,3-5H3/t30-,31+,32?,36+,37?/m1/s1. The molecule has 3 saturated heterocycles. The Labute approximate surface area is 272 Å². The van der Waals surface area contributed by atoms with Crippen LogP contribution in [0.2, 0.25) is 0 Å². The van der Waals surface area contributed by atoms with Crippen LogP contribution in [0, 0.1) is 25.7 Å². The van der Waals surface area contributed by atoms with Gasteiger partial charge in [-0.15, -0.1) is 24.9 Å². The number of aliphatic hydroxyl groups excluding tert-OH is 1. The van der Waals surface area contributed by atoms with Crippen molar-refractivity contribution in [3.8, 4) is 0 Å². The number of aliphatic hydroxyl groups is 1. The van der Waals surface area contributed by atoms with Gasteiger partial charge in [-0.25, -0.2) is 0 Å². The summed E-state index contributed by atoms with van der Waals surface area (Å²) in [5, 5.41) is 9.28. The highest BCUT2D eigenvalue weighted by molar-refractivity contribution is 8.02. The molecule has 0 saturated carbocycles. The van der Waals surface area contributed by atoms with Crippen molar-refractivity contribution in [3.05, 3.63) is 85.0 Å². The number of para-hydroxylation sites is 1. The van der Waals surface area contributed by atoms with Gasteiger partial charge in [0.05, 0.1) is 16.6 Å². The Balaban J connectivity index is 1.57. The van der Waals surface area contributed by atoms with Gasteiger partial charge in [-0.05, 0) is 75.8 Å². The Kier molecular flexibility index (Phi) is 9.94. The summed E-state index contributed by atoms with van der Waals surface area (Å²) in [6.07, 6.45) is 8.08. The van der Waals surface area contributed by atoms with Crippen LogP contribution in [-0.2, 0) is 14.4 Å². The largest absolute Gasteiger partial charge is 0.396 e. The number of hydrogen-bond donors (Lipinski definition) is 1. The van der Waals surface area contributed by atoms with E-state index in [2.05, 4.69) is 20.1 Å². The maximum Gasteiger partial charge on any atom is 0.251 e. The van der Waals surface area contributed by atoms with Crippen molar-refractivity contribution in [3.63, 3.8) is 0 Å². The Hall–Kier alpha value is -3.36. The molecule has 0 aromatic heterocycles. The third-order valence-corrected chi connectivity index (χ3v) is 11.9. The van der Waals surface area contributed by atoms with E-state index in [-0.39, 0.29) is 24.3 Å². The number of carbonyl (C=O) groups excluding carboxylic acids is 3. The number of benzene rings is 2. The Morgan fingerprint density at radius 1 is 0.978 bits per heavy atom. The number of unbranched alkanes of at least 4 members (excludes halogenated alkanes) is 3. The molecule has 1 spiro atoms. The van der Waals surface area contributed by atoms with Crippen LogP contribution in [0.1, 0.15) is 56.6 Å². The number of rotatable bonds is 14. The minimum Gasteiger partial charge on any atom is -0.396 e. The average molecular weight is 630 g/mol. The zero-order valence-electron chi connectivity index (χ0n) is 26.9. The molecular formula is C37H47N3O4S. The van der Waals surface area contributed by atoms with Crippen molar-refractivity contribution >= 4 is 40.9 Å². The molecule has 8 heteroatoms. The molecule has 7 nitrogen and oxygen atoms in total. The number of fused-ring (bicyclic) bond motifs is 1. The quantitative estimate of drug-likeness (QED) is 0.203. The van der Waals surface area contributed by atoms with Crippen LogP contribution in [0.5, 0.6) is 0 Å². The molecule has 2 unspecified atom stereocenters. The molecule has 3 aliphatic rings. The van der Waals surface area contributed by atoms with Crippen molar-refractivity contribution in [2.24, 2.45) is 11.8 Å². The summed E-state index contributed by atoms with van der Waals surface area (Å²) in [5.41, 5.74) is 3.64. The second kappa shape index (κ2) is 13.6. The summed E-state index contributed by atoms with van der Waals surface area (Å²) >= 11 is 1.71. The molecule has 2 aromatic carbocycles. The minimum absolute atomic E-state index is 0.0792. The number of anilines is 2. The van der Waals surface area contributed by atoms with Gasteiger partial charge in [0.15, 0.2) is 0 Å². The number of nitrogens with zero attached hydrogens (tertiary/aromatic N) is 3. The van der Waals surface area contributed by atoms with Gasteiger partial charge >= 0.3 is 0 Å². The maximum absolute atomic E-state index is 15.0. The Morgan fingerprint density at radius 3 is 2.36 bits per heavy atom. The predicted molar refractivity (Wildman–Crippen MR) is 183 cm³/mol. The van der Waals surface area contributed by atoms with Gasteiger partial charge in [0.25, 0.3) is 5.91 Å². The lowest BCUT2D eigenvalue weighted by Gasteiger charge is -2.38. The van der Waals surface area contributed by atoms with Gasteiger partial charge in [-0.3, -0.25) is 14.4 Å². The van der Waals surface area contributed by atoms with Crippen molar-refractivity contribution in [1.29, 1.82) is 0 Å². The molecular weight excluding hydrogens is 582 g/mol. The highest BCUT2D eigenvalue weighted by Crippen LogP contribution is 2.71. The molecule has 3 aliphatic heterocycles. The Bertz CT molecular complexity index is 1450. The van der Waals surface area contributed by atoms with Crippen LogP contribution >= 0.6 is 11.8 Å². The molecule has 3 heterocycles. The predicted octanol–water partition coefficient (Wildman–Crippen LogP) is 6.08. The van der Waals surface area contributed by atoms with Crippen LogP contribution < -0.4 is 9.80 Å². The van der Waals surface area contributed by atoms with Crippen LogP contribution in [0.25, 0.3) is 0 Å². The number of carbonyl (C=O) groups is 3. The van der Waals surface area contributed by atoms with E-state index in [0.29, 0.717) is 32.5 Å². The number of likely N-dealkylation sites (tertiary alicyclic amines) is 1. The molecule has 240 valence electrons.